The summed E-state index contributed by atoms with van der Waals surface area (Å²) in [6.45, 7) is 3.87. The molecule has 0 N–H and O–H groups in total. The van der Waals surface area contributed by atoms with Gasteiger partial charge in [0.15, 0.2) is 0 Å². The number of benzene rings is 3. The van der Waals surface area contributed by atoms with Crippen molar-refractivity contribution in [1.29, 1.82) is 0 Å². The maximum absolute atomic E-state index is 13.8. The van der Waals surface area contributed by atoms with E-state index < -0.39 is 34.7 Å². The minimum absolute atomic E-state index is 0.0651. The molecule has 5 nitrogen and oxygen atoms in total. The van der Waals surface area contributed by atoms with Crippen molar-refractivity contribution < 1.29 is 31.9 Å². The molecule has 3 aromatic carbocycles. The number of ether oxygens (including phenoxy) is 2. The van der Waals surface area contributed by atoms with Gasteiger partial charge in [0.2, 0.25) is 11.2 Å². The van der Waals surface area contributed by atoms with E-state index in [0.29, 0.717) is 0 Å². The number of rotatable bonds is 6. The number of carbonyl (C=O) groups is 1. The molecule has 0 fully saturated rings. The molecular weight excluding hydrogens is 473 g/mol. The lowest BCUT2D eigenvalue weighted by Crippen LogP contribution is -2.15. The molecule has 0 aliphatic heterocycles. The Bertz CT molecular complexity index is 1480. The molecular formula is C28H21F3O5. The molecule has 4 rings (SSSR count). The number of hydrogen-bond acceptors (Lipinski definition) is 5. The lowest BCUT2D eigenvalue weighted by molar-refractivity contribution is -0.154. The van der Waals surface area contributed by atoms with E-state index in [4.69, 9.17) is 13.9 Å². The first-order valence-electron chi connectivity index (χ1n) is 11.1. The molecule has 0 amide bonds. The van der Waals surface area contributed by atoms with Crippen molar-refractivity contribution in [2.45, 2.75) is 26.4 Å². The molecule has 36 heavy (non-hydrogen) atoms. The van der Waals surface area contributed by atoms with E-state index in [1.165, 1.54) is 30.3 Å². The van der Waals surface area contributed by atoms with Crippen LogP contribution in [0.1, 0.15) is 29.4 Å². The zero-order valence-corrected chi connectivity index (χ0v) is 19.4. The van der Waals surface area contributed by atoms with Gasteiger partial charge < -0.3 is 13.9 Å². The van der Waals surface area contributed by atoms with Gasteiger partial charge >= 0.3 is 12.1 Å². The zero-order valence-electron chi connectivity index (χ0n) is 19.4. The topological polar surface area (TPSA) is 65.7 Å². The van der Waals surface area contributed by atoms with Crippen LogP contribution in [0.4, 0.5) is 13.2 Å². The number of esters is 1. The second-order valence-corrected chi connectivity index (χ2v) is 8.01. The van der Waals surface area contributed by atoms with E-state index in [-0.39, 0.29) is 16.9 Å². The van der Waals surface area contributed by atoms with Crippen molar-refractivity contribution in [3.8, 4) is 17.2 Å². The van der Waals surface area contributed by atoms with Crippen LogP contribution in [-0.4, -0.2) is 5.97 Å². The van der Waals surface area contributed by atoms with Crippen LogP contribution < -0.4 is 14.9 Å². The molecule has 0 atom stereocenters. The van der Waals surface area contributed by atoms with Gasteiger partial charge in [0.05, 0.1) is 5.39 Å². The normalized spacial score (nSPS) is 11.7. The second-order valence-electron chi connectivity index (χ2n) is 8.01. The molecule has 184 valence electrons. The summed E-state index contributed by atoms with van der Waals surface area (Å²) in [6, 6.07) is 17.3. The van der Waals surface area contributed by atoms with Crippen molar-refractivity contribution >= 4 is 23.0 Å². The standard InChI is InChI=1S/C28H21F3O5/c1-3-18-8-11-20(12-9-18)35-26-25(33)22-14-13-21(16-23(22)36-27(26)28(29,30)31)34-24(32)15-10-19-6-4-17(2)5-7-19/h4-16H,3H2,1-2H3. The van der Waals surface area contributed by atoms with Gasteiger partial charge in [-0.1, -0.05) is 48.9 Å². The first-order chi connectivity index (χ1) is 17.1. The monoisotopic (exact) mass is 494 g/mol. The van der Waals surface area contributed by atoms with E-state index in [2.05, 4.69) is 0 Å². The fourth-order valence-corrected chi connectivity index (χ4v) is 3.40. The first-order valence-corrected chi connectivity index (χ1v) is 11.1. The molecule has 0 saturated carbocycles. The van der Waals surface area contributed by atoms with E-state index in [9.17, 15) is 22.8 Å². The third kappa shape index (κ3) is 5.66. The quantitative estimate of drug-likeness (QED) is 0.163. The van der Waals surface area contributed by atoms with Crippen molar-refractivity contribution in [1.82, 2.24) is 0 Å². The van der Waals surface area contributed by atoms with Gasteiger partial charge in [-0.15, -0.1) is 0 Å². The Hall–Kier alpha value is -4.33. The molecule has 0 radical (unpaired) electrons. The van der Waals surface area contributed by atoms with Gasteiger partial charge in [0, 0.05) is 12.1 Å². The number of fused-ring (bicyclic) bond motifs is 1. The smallest absolute Gasteiger partial charge is 0.449 e. The van der Waals surface area contributed by atoms with Gasteiger partial charge in [-0.25, -0.2) is 4.79 Å². The van der Waals surface area contributed by atoms with Crippen LogP contribution in [-0.2, 0) is 17.4 Å². The Kier molecular flexibility index (Phi) is 6.96. The molecule has 1 aromatic heterocycles. The minimum atomic E-state index is -5.00. The Morgan fingerprint density at radius 1 is 0.972 bits per heavy atom. The van der Waals surface area contributed by atoms with E-state index in [1.807, 2.05) is 38.1 Å². The zero-order chi connectivity index (χ0) is 25.9. The Morgan fingerprint density at radius 3 is 2.28 bits per heavy atom. The van der Waals surface area contributed by atoms with E-state index >= 15 is 0 Å². The van der Waals surface area contributed by atoms with Crippen LogP contribution in [0.2, 0.25) is 0 Å². The van der Waals surface area contributed by atoms with Crippen molar-refractivity contribution in [2.24, 2.45) is 0 Å². The average Bonchev–Trinajstić information content (AvgIpc) is 2.85. The predicted octanol–water partition coefficient (Wildman–Crippen LogP) is 7.09. The fourth-order valence-electron chi connectivity index (χ4n) is 3.40. The van der Waals surface area contributed by atoms with Gasteiger partial charge in [-0.2, -0.15) is 13.2 Å². The lowest BCUT2D eigenvalue weighted by Gasteiger charge is -2.13. The summed E-state index contributed by atoms with van der Waals surface area (Å²) in [4.78, 5) is 25.1. The molecule has 0 saturated heterocycles. The maximum Gasteiger partial charge on any atom is 0.453 e. The minimum Gasteiger partial charge on any atom is -0.449 e. The van der Waals surface area contributed by atoms with Gasteiger partial charge in [-0.3, -0.25) is 4.79 Å². The lowest BCUT2D eigenvalue weighted by atomic mass is 10.1. The Morgan fingerprint density at radius 2 is 1.64 bits per heavy atom. The number of aryl methyl sites for hydroxylation is 2. The highest BCUT2D eigenvalue weighted by Gasteiger charge is 2.40. The summed E-state index contributed by atoms with van der Waals surface area (Å²) in [7, 11) is 0. The van der Waals surface area contributed by atoms with Crippen LogP contribution >= 0.6 is 0 Å². The van der Waals surface area contributed by atoms with Crippen molar-refractivity contribution in [3.63, 3.8) is 0 Å². The number of hydrogen-bond donors (Lipinski definition) is 0. The molecule has 0 unspecified atom stereocenters. The molecule has 1 heterocycles. The summed E-state index contributed by atoms with van der Waals surface area (Å²) in [5, 5.41) is -0.154. The van der Waals surface area contributed by atoms with Crippen LogP contribution in [0.15, 0.2) is 82.0 Å². The number of carbonyl (C=O) groups excluding carboxylic acids is 1. The first kappa shape index (κ1) is 24.8. The van der Waals surface area contributed by atoms with E-state index in [0.717, 1.165) is 29.2 Å². The molecule has 0 spiro atoms. The third-order valence-electron chi connectivity index (χ3n) is 5.34. The van der Waals surface area contributed by atoms with Gasteiger partial charge in [0.1, 0.15) is 17.1 Å². The van der Waals surface area contributed by atoms with E-state index in [1.54, 1.807) is 18.2 Å². The molecule has 0 bridgehead atoms. The Labute approximate surface area is 204 Å². The Balaban J connectivity index is 1.64. The van der Waals surface area contributed by atoms with Gasteiger partial charge in [-0.05, 0) is 54.8 Å². The largest absolute Gasteiger partial charge is 0.453 e. The number of alkyl halides is 3. The molecule has 8 heteroatoms. The summed E-state index contributed by atoms with van der Waals surface area (Å²) < 4.78 is 56.9. The highest BCUT2D eigenvalue weighted by atomic mass is 19.4. The van der Waals surface area contributed by atoms with Gasteiger partial charge in [0.25, 0.3) is 5.76 Å². The van der Waals surface area contributed by atoms with Crippen LogP contribution in [0.3, 0.4) is 0 Å². The van der Waals surface area contributed by atoms with Crippen LogP contribution in [0.25, 0.3) is 17.0 Å². The highest BCUT2D eigenvalue weighted by Crippen LogP contribution is 2.38. The third-order valence-corrected chi connectivity index (χ3v) is 5.34. The molecule has 0 aliphatic carbocycles. The van der Waals surface area contributed by atoms with Crippen LogP contribution in [0.5, 0.6) is 17.2 Å². The van der Waals surface area contributed by atoms with Crippen molar-refractivity contribution in [3.05, 3.63) is 105 Å². The summed E-state index contributed by atoms with van der Waals surface area (Å²) >= 11 is 0. The maximum atomic E-state index is 13.8. The molecule has 0 aliphatic rings. The predicted molar refractivity (Wildman–Crippen MR) is 129 cm³/mol. The molecule has 4 aromatic rings. The number of halogens is 3. The van der Waals surface area contributed by atoms with Crippen LogP contribution in [0, 0.1) is 6.92 Å². The summed E-state index contributed by atoms with van der Waals surface area (Å²) in [6.07, 6.45) is -1.54. The SMILES string of the molecule is CCc1ccc(Oc2c(C(F)(F)F)oc3cc(OC(=O)C=Cc4ccc(C)cc4)ccc3c2=O)cc1. The summed E-state index contributed by atoms with van der Waals surface area (Å²) in [5.74, 6) is -3.31. The highest BCUT2D eigenvalue weighted by molar-refractivity contribution is 5.89. The fraction of sp³-hybridized carbons (Fsp3) is 0.143. The van der Waals surface area contributed by atoms with Crippen molar-refractivity contribution in [2.75, 3.05) is 0 Å². The second kappa shape index (κ2) is 10.1. The summed E-state index contributed by atoms with van der Waals surface area (Å²) in [5.41, 5.74) is 1.40. The average molecular weight is 494 g/mol.